The van der Waals surface area contributed by atoms with Gasteiger partial charge in [-0.25, -0.2) is 9.79 Å². The van der Waals surface area contributed by atoms with Gasteiger partial charge < -0.3 is 20.2 Å². The maximum absolute atomic E-state index is 11.0. The first kappa shape index (κ1) is 13.4. The second-order valence-corrected chi connectivity index (χ2v) is 3.78. The van der Waals surface area contributed by atoms with Gasteiger partial charge in [-0.05, 0) is 0 Å². The fourth-order valence-electron chi connectivity index (χ4n) is 1.37. The highest BCUT2D eigenvalue weighted by Gasteiger charge is 2.26. The summed E-state index contributed by atoms with van der Waals surface area (Å²) in [5, 5.41) is 29.1. The number of likely N-dealkylation sites (N-methyl/N-ethyl adjacent to an activating group) is 1. The Morgan fingerprint density at radius 1 is 1.65 bits per heavy atom. The molecule has 1 aliphatic rings. The number of guanidine groups is 1. The quantitative estimate of drug-likeness (QED) is 0.428. The van der Waals surface area contributed by atoms with Crippen molar-refractivity contribution in [1.82, 2.24) is 10.2 Å². The number of carbonyl (C=O) groups is 2. The molecule has 1 saturated heterocycles. The molecule has 1 heterocycles. The van der Waals surface area contributed by atoms with E-state index in [9.17, 15) is 14.7 Å². The predicted octanol–water partition coefficient (Wildman–Crippen LogP) is -2.40. The lowest BCUT2D eigenvalue weighted by Gasteiger charge is -2.14. The molecule has 0 aromatic carbocycles. The maximum atomic E-state index is 11.0. The van der Waals surface area contributed by atoms with Gasteiger partial charge in [0.2, 0.25) is 11.9 Å². The van der Waals surface area contributed by atoms with Crippen LogP contribution in [-0.4, -0.2) is 70.4 Å². The van der Waals surface area contributed by atoms with Gasteiger partial charge in [-0.1, -0.05) is 0 Å². The van der Waals surface area contributed by atoms with Crippen LogP contribution in [0.1, 0.15) is 6.42 Å². The van der Waals surface area contributed by atoms with Crippen LogP contribution in [0, 0.1) is 0 Å². The number of aliphatic hydroxyl groups excluding tert-OH is 2. The van der Waals surface area contributed by atoms with Crippen molar-refractivity contribution in [3.8, 4) is 0 Å². The highest BCUT2D eigenvalue weighted by atomic mass is 16.4. The smallest absolute Gasteiger partial charge is 0.328 e. The van der Waals surface area contributed by atoms with Crippen LogP contribution in [0.5, 0.6) is 0 Å². The van der Waals surface area contributed by atoms with Gasteiger partial charge >= 0.3 is 5.97 Å². The molecule has 2 unspecified atom stereocenters. The highest BCUT2D eigenvalue weighted by Crippen LogP contribution is 2.06. The lowest BCUT2D eigenvalue weighted by molar-refractivity contribution is -0.139. The van der Waals surface area contributed by atoms with Crippen molar-refractivity contribution in [2.45, 2.75) is 18.6 Å². The Balaban J connectivity index is 2.75. The minimum Gasteiger partial charge on any atom is -0.480 e. The van der Waals surface area contributed by atoms with Crippen LogP contribution in [0.4, 0.5) is 0 Å². The zero-order valence-corrected chi connectivity index (χ0v) is 9.33. The number of aliphatic imine (C=N–C) groups is 1. The molecule has 1 rings (SSSR count). The summed E-state index contributed by atoms with van der Waals surface area (Å²) < 4.78 is 0. The third-order valence-corrected chi connectivity index (χ3v) is 2.26. The van der Waals surface area contributed by atoms with Crippen molar-refractivity contribution in [2.75, 3.05) is 20.2 Å². The summed E-state index contributed by atoms with van der Waals surface area (Å²) in [5.41, 5.74) is 0. The van der Waals surface area contributed by atoms with Crippen LogP contribution in [0.15, 0.2) is 4.99 Å². The Kier molecular flexibility index (Phi) is 4.41. The fraction of sp³-hybridized carbons (Fsp3) is 0.667. The van der Waals surface area contributed by atoms with Crippen LogP contribution < -0.4 is 5.32 Å². The molecule has 2 atom stereocenters. The molecule has 1 aliphatic heterocycles. The summed E-state index contributed by atoms with van der Waals surface area (Å²) in [6.07, 6.45) is -1.36. The molecule has 96 valence electrons. The molecule has 17 heavy (non-hydrogen) atoms. The molecule has 0 saturated carbocycles. The third-order valence-electron chi connectivity index (χ3n) is 2.26. The number of nitrogens with zero attached hydrogens (tertiary/aromatic N) is 2. The van der Waals surface area contributed by atoms with Crippen LogP contribution in [0.3, 0.4) is 0 Å². The van der Waals surface area contributed by atoms with E-state index in [1.807, 2.05) is 0 Å². The number of rotatable bonds is 5. The summed E-state index contributed by atoms with van der Waals surface area (Å²) >= 11 is 0. The van der Waals surface area contributed by atoms with Gasteiger partial charge in [-0.2, -0.15) is 0 Å². The van der Waals surface area contributed by atoms with Gasteiger partial charge in [0.25, 0.3) is 0 Å². The topological polar surface area (TPSA) is 122 Å². The molecule has 8 nitrogen and oxygen atoms in total. The first-order chi connectivity index (χ1) is 7.93. The van der Waals surface area contributed by atoms with Crippen LogP contribution >= 0.6 is 0 Å². The van der Waals surface area contributed by atoms with Gasteiger partial charge in [0, 0.05) is 13.5 Å². The summed E-state index contributed by atoms with van der Waals surface area (Å²) in [6.45, 7) is -0.412. The van der Waals surface area contributed by atoms with E-state index in [0.29, 0.717) is 0 Å². The first-order valence-corrected chi connectivity index (χ1v) is 5.04. The van der Waals surface area contributed by atoms with E-state index in [2.05, 4.69) is 10.3 Å². The predicted molar refractivity (Wildman–Crippen MR) is 57.3 cm³/mol. The van der Waals surface area contributed by atoms with Crippen LogP contribution in [0.25, 0.3) is 0 Å². The number of amides is 1. The van der Waals surface area contributed by atoms with Gasteiger partial charge in [0.15, 0.2) is 6.04 Å². The summed E-state index contributed by atoms with van der Waals surface area (Å²) in [4.78, 5) is 27.2. The second-order valence-electron chi connectivity index (χ2n) is 3.78. The van der Waals surface area contributed by atoms with Gasteiger partial charge in [0.1, 0.15) is 0 Å². The van der Waals surface area contributed by atoms with Gasteiger partial charge in [0.05, 0.1) is 19.3 Å². The molecule has 0 aromatic rings. The molecule has 1 amide bonds. The molecular formula is C9H15N3O5. The summed E-state index contributed by atoms with van der Waals surface area (Å²) in [6, 6.07) is -1.20. The number of hydrogen-bond acceptors (Lipinski definition) is 5. The van der Waals surface area contributed by atoms with E-state index in [1.54, 1.807) is 7.05 Å². The number of hydrogen-bond donors (Lipinski definition) is 4. The molecule has 0 spiro atoms. The molecule has 0 radical (unpaired) electrons. The standard InChI is InChI=1S/C9H15N3O5/c1-12-3-7(15)11-9(12)10-6(8(16)17)2-5(14)4-13/h5-6,13-14H,2-4H2,1H3,(H,16,17)(H,10,11,15). The van der Waals surface area contributed by atoms with Gasteiger partial charge in [-0.3, -0.25) is 10.1 Å². The van der Waals surface area contributed by atoms with Crippen molar-refractivity contribution in [3.05, 3.63) is 0 Å². The van der Waals surface area contributed by atoms with E-state index >= 15 is 0 Å². The number of carbonyl (C=O) groups excluding carboxylic acids is 1. The maximum Gasteiger partial charge on any atom is 0.328 e. The average Bonchev–Trinajstić information content (AvgIpc) is 2.56. The molecule has 4 N–H and O–H groups in total. The zero-order chi connectivity index (χ0) is 13.0. The summed E-state index contributed by atoms with van der Waals surface area (Å²) in [7, 11) is 1.60. The minimum absolute atomic E-state index is 0.119. The molecule has 0 bridgehead atoms. The van der Waals surface area contributed by atoms with E-state index in [1.165, 1.54) is 4.90 Å². The molecule has 0 aromatic heterocycles. The number of aliphatic hydroxyl groups is 2. The fourth-order valence-corrected chi connectivity index (χ4v) is 1.37. The van der Waals surface area contributed by atoms with Crippen molar-refractivity contribution >= 4 is 17.8 Å². The molecular weight excluding hydrogens is 230 g/mol. The van der Waals surface area contributed by atoms with Crippen molar-refractivity contribution in [2.24, 2.45) is 4.99 Å². The monoisotopic (exact) mass is 245 g/mol. The largest absolute Gasteiger partial charge is 0.480 e. The normalized spacial score (nSPS) is 21.5. The first-order valence-electron chi connectivity index (χ1n) is 5.04. The second kappa shape index (κ2) is 5.60. The summed E-state index contributed by atoms with van der Waals surface area (Å²) in [5.74, 6) is -1.33. The number of nitrogens with one attached hydrogen (secondary N) is 1. The van der Waals surface area contributed by atoms with E-state index in [4.69, 9.17) is 10.2 Å². The van der Waals surface area contributed by atoms with Crippen LogP contribution in [0.2, 0.25) is 0 Å². The van der Waals surface area contributed by atoms with Crippen molar-refractivity contribution in [1.29, 1.82) is 0 Å². The van der Waals surface area contributed by atoms with E-state index in [-0.39, 0.29) is 24.8 Å². The number of carboxylic acids is 1. The van der Waals surface area contributed by atoms with Crippen molar-refractivity contribution < 1.29 is 24.9 Å². The Hall–Kier alpha value is -1.67. The van der Waals surface area contributed by atoms with E-state index < -0.39 is 24.7 Å². The Bertz CT molecular complexity index is 344. The lowest BCUT2D eigenvalue weighted by Crippen LogP contribution is -2.33. The Morgan fingerprint density at radius 3 is 2.71 bits per heavy atom. The van der Waals surface area contributed by atoms with E-state index in [0.717, 1.165) is 0 Å². The third kappa shape index (κ3) is 3.68. The molecule has 8 heteroatoms. The van der Waals surface area contributed by atoms with Crippen LogP contribution in [-0.2, 0) is 9.59 Å². The lowest BCUT2D eigenvalue weighted by atomic mass is 10.1. The van der Waals surface area contributed by atoms with Crippen molar-refractivity contribution in [3.63, 3.8) is 0 Å². The average molecular weight is 245 g/mol. The highest BCUT2D eigenvalue weighted by molar-refractivity contribution is 6.04. The minimum atomic E-state index is -1.22. The van der Waals surface area contributed by atoms with Gasteiger partial charge in [-0.15, -0.1) is 0 Å². The Morgan fingerprint density at radius 2 is 2.29 bits per heavy atom. The molecule has 1 fully saturated rings. The SMILES string of the molecule is CN1CC(=O)NC1=NC(CC(O)CO)C(=O)O. The zero-order valence-electron chi connectivity index (χ0n) is 9.33. The number of aliphatic carboxylic acids is 1. The molecule has 0 aliphatic carbocycles. The Labute approximate surface area is 97.6 Å². The number of carboxylic acid groups (broad SMARTS) is 1.